The number of rotatable bonds is 4. The van der Waals surface area contributed by atoms with Gasteiger partial charge in [-0.2, -0.15) is 0 Å². The van der Waals surface area contributed by atoms with E-state index in [9.17, 15) is 4.79 Å². The summed E-state index contributed by atoms with van der Waals surface area (Å²) in [6.07, 6.45) is 3.82. The Morgan fingerprint density at radius 3 is 2.56 bits per heavy atom. The van der Waals surface area contributed by atoms with Gasteiger partial charge in [0.15, 0.2) is 17.3 Å². The van der Waals surface area contributed by atoms with Crippen LogP contribution in [0.5, 0.6) is 11.5 Å². The van der Waals surface area contributed by atoms with E-state index in [1.807, 2.05) is 6.07 Å². The number of carbonyl (C=O) groups excluding carboxylic acids is 1. The molecule has 4 bridgehead atoms. The lowest BCUT2D eigenvalue weighted by molar-refractivity contribution is -1.18. The van der Waals surface area contributed by atoms with Gasteiger partial charge in [0.05, 0.1) is 18.7 Å². The van der Waals surface area contributed by atoms with Crippen LogP contribution in [0.15, 0.2) is 18.2 Å². The van der Waals surface area contributed by atoms with E-state index in [1.165, 1.54) is 12.0 Å². The first-order valence-corrected chi connectivity index (χ1v) is 9.68. The largest absolute Gasteiger partial charge is 0.454 e. The Balaban J connectivity index is 1.49. The minimum absolute atomic E-state index is 0.0846. The van der Waals surface area contributed by atoms with Crippen LogP contribution in [-0.4, -0.2) is 38.8 Å². The molecule has 2 atom stereocenters. The second kappa shape index (κ2) is 5.21. The first kappa shape index (κ1) is 15.6. The molecule has 0 aromatic heterocycles. The van der Waals surface area contributed by atoms with Crippen molar-refractivity contribution < 1.29 is 24.1 Å². The Bertz CT molecular complexity index is 716. The minimum atomic E-state index is -0.137. The van der Waals surface area contributed by atoms with Crippen LogP contribution in [0, 0.1) is 10.8 Å². The Hall–Kier alpha value is -1.59. The van der Waals surface area contributed by atoms with Gasteiger partial charge in [-0.25, -0.2) is 0 Å². The maximum atomic E-state index is 13.3. The summed E-state index contributed by atoms with van der Waals surface area (Å²) in [6.45, 7) is 8.72. The van der Waals surface area contributed by atoms with Gasteiger partial charge in [0.1, 0.15) is 23.9 Å². The summed E-state index contributed by atoms with van der Waals surface area (Å²) in [6, 6.07) is 6.41. The highest BCUT2D eigenvalue weighted by molar-refractivity contribution is 5.91. The Morgan fingerprint density at radius 2 is 1.84 bits per heavy atom. The zero-order chi connectivity index (χ0) is 17.2. The molecule has 1 aromatic rings. The smallest absolute Gasteiger partial charge is 0.240 e. The standard InChI is InChI=1S/C20H26N2O3/c1-3-4-7-20-11-21-9-19(2,18(20)23)10-22(12-20)17(21)14-5-6-15-16(8-14)25-13-24-15/h5-6,8,17H,3-4,7,9-13H2,1-2H3/p+2. The predicted molar refractivity (Wildman–Crippen MR) is 91.8 cm³/mol. The molecule has 4 fully saturated rings. The van der Waals surface area contributed by atoms with Crippen molar-refractivity contribution in [2.24, 2.45) is 10.8 Å². The molecule has 5 heterocycles. The molecular weight excluding hydrogens is 316 g/mol. The second-order valence-electron chi connectivity index (χ2n) is 8.84. The van der Waals surface area contributed by atoms with Crippen LogP contribution >= 0.6 is 0 Å². The topological polar surface area (TPSA) is 44.4 Å². The van der Waals surface area contributed by atoms with E-state index < -0.39 is 0 Å². The maximum absolute atomic E-state index is 13.3. The van der Waals surface area contributed by atoms with Crippen molar-refractivity contribution in [3.05, 3.63) is 23.8 Å². The van der Waals surface area contributed by atoms with Crippen molar-refractivity contribution in [3.63, 3.8) is 0 Å². The molecule has 0 spiro atoms. The summed E-state index contributed by atoms with van der Waals surface area (Å²) >= 11 is 0. The molecule has 0 aliphatic carbocycles. The fraction of sp³-hybridized carbons (Fsp3) is 0.650. The quantitative estimate of drug-likeness (QED) is 0.807. The maximum Gasteiger partial charge on any atom is 0.240 e. The normalized spacial score (nSPS) is 40.7. The summed E-state index contributed by atoms with van der Waals surface area (Å²) < 4.78 is 11.1. The van der Waals surface area contributed by atoms with Crippen molar-refractivity contribution in [1.82, 2.24) is 0 Å². The van der Waals surface area contributed by atoms with Crippen molar-refractivity contribution in [1.29, 1.82) is 0 Å². The number of hydrogen-bond acceptors (Lipinski definition) is 3. The van der Waals surface area contributed by atoms with Crippen LogP contribution in [0.3, 0.4) is 0 Å². The lowest BCUT2D eigenvalue weighted by Gasteiger charge is -2.59. The molecule has 4 saturated heterocycles. The molecule has 2 N–H and O–H groups in total. The van der Waals surface area contributed by atoms with E-state index >= 15 is 0 Å². The van der Waals surface area contributed by atoms with E-state index in [4.69, 9.17) is 9.47 Å². The molecule has 2 unspecified atom stereocenters. The van der Waals surface area contributed by atoms with Crippen molar-refractivity contribution in [3.8, 4) is 11.5 Å². The van der Waals surface area contributed by atoms with Crippen molar-refractivity contribution >= 4 is 5.78 Å². The summed E-state index contributed by atoms with van der Waals surface area (Å²) in [5, 5.41) is 0. The summed E-state index contributed by atoms with van der Waals surface area (Å²) in [7, 11) is 0. The number of piperidine rings is 2. The van der Waals surface area contributed by atoms with Crippen LogP contribution < -0.4 is 19.3 Å². The van der Waals surface area contributed by atoms with Gasteiger partial charge in [-0.1, -0.05) is 19.8 Å². The molecule has 5 aliphatic heterocycles. The molecule has 5 nitrogen and oxygen atoms in total. The SMILES string of the molecule is CCCCC12C[NH+]3CC(C)(C[NH+](C1)C3c1ccc3c(c1)OCO3)C2=O. The number of benzene rings is 1. The third-order valence-electron chi connectivity index (χ3n) is 6.95. The van der Waals surface area contributed by atoms with Gasteiger partial charge in [-0.3, -0.25) is 14.6 Å². The molecule has 0 saturated carbocycles. The highest BCUT2D eigenvalue weighted by Gasteiger charge is 2.69. The zero-order valence-electron chi connectivity index (χ0n) is 15.2. The Labute approximate surface area is 148 Å². The number of unbranched alkanes of at least 4 members (excludes halogenated alkanes) is 1. The highest BCUT2D eigenvalue weighted by atomic mass is 16.7. The number of carbonyl (C=O) groups is 1. The lowest BCUT2D eigenvalue weighted by atomic mass is 9.59. The second-order valence-corrected chi connectivity index (χ2v) is 8.84. The monoisotopic (exact) mass is 344 g/mol. The Morgan fingerprint density at radius 1 is 1.12 bits per heavy atom. The first-order valence-electron chi connectivity index (χ1n) is 9.68. The van der Waals surface area contributed by atoms with E-state index in [2.05, 4.69) is 26.0 Å². The molecule has 134 valence electrons. The molecule has 0 amide bonds. The van der Waals surface area contributed by atoms with E-state index in [-0.39, 0.29) is 10.8 Å². The fourth-order valence-corrected chi connectivity index (χ4v) is 6.15. The summed E-state index contributed by atoms with van der Waals surface area (Å²) in [5.74, 6) is 2.28. The van der Waals surface area contributed by atoms with Crippen LogP contribution in [-0.2, 0) is 4.79 Å². The molecule has 1 aromatic carbocycles. The number of quaternary nitrogens is 2. The van der Waals surface area contributed by atoms with Gasteiger partial charge in [0.2, 0.25) is 13.0 Å². The van der Waals surface area contributed by atoms with Gasteiger partial charge in [-0.15, -0.1) is 0 Å². The third kappa shape index (κ3) is 2.12. The average molecular weight is 344 g/mol. The number of hydrogen-bond donors (Lipinski definition) is 2. The van der Waals surface area contributed by atoms with Gasteiger partial charge >= 0.3 is 0 Å². The number of Topliss-reactive ketones (excluding diaryl/α,β-unsaturated/α-hetero) is 1. The molecule has 25 heavy (non-hydrogen) atoms. The summed E-state index contributed by atoms with van der Waals surface area (Å²) in [5.41, 5.74) is 1.11. The van der Waals surface area contributed by atoms with Gasteiger partial charge in [0.25, 0.3) is 0 Å². The van der Waals surface area contributed by atoms with E-state index in [0.29, 0.717) is 18.7 Å². The van der Waals surface area contributed by atoms with Crippen molar-refractivity contribution in [2.45, 2.75) is 39.3 Å². The van der Waals surface area contributed by atoms with Crippen LogP contribution in [0.25, 0.3) is 0 Å². The fourth-order valence-electron chi connectivity index (χ4n) is 6.15. The van der Waals surface area contributed by atoms with Crippen LogP contribution in [0.1, 0.15) is 44.8 Å². The molecule has 6 rings (SSSR count). The average Bonchev–Trinajstić information content (AvgIpc) is 3.04. The molecular formula is C20H28N2O3+2. The van der Waals surface area contributed by atoms with Gasteiger partial charge in [0, 0.05) is 0 Å². The molecule has 0 radical (unpaired) electrons. The van der Waals surface area contributed by atoms with Gasteiger partial charge < -0.3 is 9.47 Å². The third-order valence-corrected chi connectivity index (χ3v) is 6.95. The molecule has 5 aliphatic rings. The number of ether oxygens (including phenoxy) is 2. The van der Waals surface area contributed by atoms with Crippen molar-refractivity contribution in [2.75, 3.05) is 33.0 Å². The lowest BCUT2D eigenvalue weighted by Crippen LogP contribution is -3.41. The number of nitrogens with one attached hydrogen (secondary N) is 2. The summed E-state index contributed by atoms with van der Waals surface area (Å²) in [4.78, 5) is 16.4. The first-order chi connectivity index (χ1) is 12.0. The predicted octanol–water partition coefficient (Wildman–Crippen LogP) is -0.0235. The molecule has 5 heteroatoms. The Kier molecular flexibility index (Phi) is 3.26. The number of ketones is 1. The van der Waals surface area contributed by atoms with E-state index in [0.717, 1.165) is 50.5 Å². The van der Waals surface area contributed by atoms with Crippen LogP contribution in [0.4, 0.5) is 0 Å². The highest BCUT2D eigenvalue weighted by Crippen LogP contribution is 2.40. The van der Waals surface area contributed by atoms with E-state index in [1.54, 1.807) is 9.80 Å². The zero-order valence-corrected chi connectivity index (χ0v) is 15.2. The number of fused-ring (bicyclic) bond motifs is 1. The minimum Gasteiger partial charge on any atom is -0.454 e. The van der Waals surface area contributed by atoms with Gasteiger partial charge in [-0.05, 0) is 31.5 Å². The van der Waals surface area contributed by atoms with Crippen LogP contribution in [0.2, 0.25) is 0 Å².